The maximum Gasteiger partial charge on any atom is 0.220 e. The second kappa shape index (κ2) is 6.23. The Kier molecular flexibility index (Phi) is 4.85. The summed E-state index contributed by atoms with van der Waals surface area (Å²) in [7, 11) is 0. The lowest BCUT2D eigenvalue weighted by atomic mass is 9.71. The van der Waals surface area contributed by atoms with Crippen LogP contribution in [0.2, 0.25) is 0 Å². The summed E-state index contributed by atoms with van der Waals surface area (Å²) in [6, 6.07) is 0. The largest absolute Gasteiger partial charge is 0.373 e. The van der Waals surface area contributed by atoms with Crippen LogP contribution in [-0.2, 0) is 9.53 Å². The van der Waals surface area contributed by atoms with Crippen molar-refractivity contribution in [2.45, 2.75) is 63.9 Å². The summed E-state index contributed by atoms with van der Waals surface area (Å²) in [5.41, 5.74) is 5.83. The molecule has 2 rings (SSSR count). The normalized spacial score (nSPS) is 30.2. The average molecular weight is 268 g/mol. The number of amides is 1. The molecule has 1 atom stereocenters. The lowest BCUT2D eigenvalue weighted by molar-refractivity contribution is -0.125. The molecule has 1 unspecified atom stereocenters. The van der Waals surface area contributed by atoms with Crippen LogP contribution < -0.4 is 11.1 Å². The fraction of sp³-hybridized carbons (Fsp3) is 0.933. The van der Waals surface area contributed by atoms with Crippen LogP contribution in [0, 0.1) is 5.41 Å². The molecule has 2 aliphatic rings. The smallest absolute Gasteiger partial charge is 0.220 e. The first kappa shape index (κ1) is 14.8. The van der Waals surface area contributed by atoms with Gasteiger partial charge >= 0.3 is 0 Å². The first-order valence-electron chi connectivity index (χ1n) is 7.68. The Balaban J connectivity index is 1.79. The van der Waals surface area contributed by atoms with E-state index in [-0.39, 0.29) is 16.9 Å². The Morgan fingerprint density at radius 3 is 2.53 bits per heavy atom. The summed E-state index contributed by atoms with van der Waals surface area (Å²) in [5.74, 6) is 0.143. The van der Waals surface area contributed by atoms with E-state index in [9.17, 15) is 4.79 Å². The van der Waals surface area contributed by atoms with Crippen molar-refractivity contribution in [2.75, 3.05) is 19.7 Å². The zero-order valence-electron chi connectivity index (χ0n) is 12.2. The molecule has 0 aromatic heterocycles. The van der Waals surface area contributed by atoms with Crippen molar-refractivity contribution in [3.05, 3.63) is 0 Å². The van der Waals surface area contributed by atoms with Gasteiger partial charge in [0.25, 0.3) is 0 Å². The average Bonchev–Trinajstić information content (AvgIpc) is 2.85. The second-order valence-electron chi connectivity index (χ2n) is 6.62. The van der Waals surface area contributed by atoms with E-state index in [1.807, 2.05) is 0 Å². The Morgan fingerprint density at radius 1 is 1.21 bits per heavy atom. The zero-order chi connectivity index (χ0) is 13.8. The van der Waals surface area contributed by atoms with E-state index in [0.717, 1.165) is 32.3 Å². The zero-order valence-corrected chi connectivity index (χ0v) is 12.2. The standard InChI is InChI=1S/C15H28N2O2/c1-14(6-5-9-19-14)12-17-13(18)10-15(11-16)7-3-2-4-8-15/h2-12,16H2,1H3,(H,17,18). The van der Waals surface area contributed by atoms with E-state index in [0.29, 0.717) is 19.5 Å². The van der Waals surface area contributed by atoms with Gasteiger partial charge in [-0.3, -0.25) is 4.79 Å². The molecule has 0 spiro atoms. The van der Waals surface area contributed by atoms with E-state index in [1.54, 1.807) is 0 Å². The quantitative estimate of drug-likeness (QED) is 0.801. The topological polar surface area (TPSA) is 64.4 Å². The first-order chi connectivity index (χ1) is 9.08. The van der Waals surface area contributed by atoms with Crippen LogP contribution in [0.5, 0.6) is 0 Å². The number of nitrogens with two attached hydrogens (primary N) is 1. The van der Waals surface area contributed by atoms with Crippen molar-refractivity contribution in [3.8, 4) is 0 Å². The van der Waals surface area contributed by atoms with Crippen LogP contribution in [0.4, 0.5) is 0 Å². The van der Waals surface area contributed by atoms with Gasteiger partial charge in [-0.15, -0.1) is 0 Å². The minimum absolute atomic E-state index is 0.0553. The lowest BCUT2D eigenvalue weighted by Gasteiger charge is -2.36. The third kappa shape index (κ3) is 3.93. The third-order valence-corrected chi connectivity index (χ3v) is 4.84. The highest BCUT2D eigenvalue weighted by Crippen LogP contribution is 2.38. The van der Waals surface area contributed by atoms with Crippen LogP contribution in [0.3, 0.4) is 0 Å². The van der Waals surface area contributed by atoms with Gasteiger partial charge in [-0.1, -0.05) is 19.3 Å². The van der Waals surface area contributed by atoms with Gasteiger partial charge in [0.15, 0.2) is 0 Å². The number of nitrogens with one attached hydrogen (secondary N) is 1. The molecule has 1 aliphatic heterocycles. The van der Waals surface area contributed by atoms with E-state index in [1.165, 1.54) is 19.3 Å². The molecular weight excluding hydrogens is 240 g/mol. The molecule has 1 amide bonds. The van der Waals surface area contributed by atoms with Gasteiger partial charge in [-0.05, 0) is 44.6 Å². The molecule has 1 saturated heterocycles. The second-order valence-corrected chi connectivity index (χ2v) is 6.62. The van der Waals surface area contributed by atoms with Crippen molar-refractivity contribution in [3.63, 3.8) is 0 Å². The van der Waals surface area contributed by atoms with Crippen LogP contribution in [0.15, 0.2) is 0 Å². The lowest BCUT2D eigenvalue weighted by Crippen LogP contribution is -2.43. The highest BCUT2D eigenvalue weighted by molar-refractivity contribution is 5.76. The van der Waals surface area contributed by atoms with Crippen molar-refractivity contribution in [1.82, 2.24) is 5.32 Å². The van der Waals surface area contributed by atoms with Gasteiger partial charge in [-0.25, -0.2) is 0 Å². The number of hydrogen-bond acceptors (Lipinski definition) is 3. The summed E-state index contributed by atoms with van der Waals surface area (Å²) in [5, 5.41) is 3.05. The van der Waals surface area contributed by atoms with Crippen LogP contribution in [0.1, 0.15) is 58.3 Å². The Bertz CT molecular complexity index is 305. The Morgan fingerprint density at radius 2 is 1.95 bits per heavy atom. The molecule has 0 aromatic carbocycles. The molecule has 1 saturated carbocycles. The maximum atomic E-state index is 12.2. The van der Waals surface area contributed by atoms with Gasteiger partial charge < -0.3 is 15.8 Å². The SMILES string of the molecule is CC1(CNC(=O)CC2(CN)CCCCC2)CCCO1. The summed E-state index contributed by atoms with van der Waals surface area (Å²) >= 11 is 0. The Labute approximate surface area is 116 Å². The number of ether oxygens (including phenoxy) is 1. The summed E-state index contributed by atoms with van der Waals surface area (Å²) in [6.45, 7) is 4.17. The van der Waals surface area contributed by atoms with E-state index < -0.39 is 0 Å². The van der Waals surface area contributed by atoms with Gasteiger partial charge in [0.2, 0.25) is 5.91 Å². The highest BCUT2D eigenvalue weighted by Gasteiger charge is 2.34. The van der Waals surface area contributed by atoms with Gasteiger partial charge in [0.05, 0.1) is 5.60 Å². The van der Waals surface area contributed by atoms with Crippen LogP contribution >= 0.6 is 0 Å². The number of rotatable bonds is 5. The monoisotopic (exact) mass is 268 g/mol. The molecule has 1 aliphatic carbocycles. The molecule has 3 N–H and O–H groups in total. The minimum Gasteiger partial charge on any atom is -0.373 e. The van der Waals surface area contributed by atoms with E-state index >= 15 is 0 Å². The van der Waals surface area contributed by atoms with E-state index in [2.05, 4.69) is 12.2 Å². The fourth-order valence-corrected chi connectivity index (χ4v) is 3.42. The third-order valence-electron chi connectivity index (χ3n) is 4.84. The number of carbonyl (C=O) groups is 1. The minimum atomic E-state index is -0.155. The molecule has 4 nitrogen and oxygen atoms in total. The number of hydrogen-bond donors (Lipinski definition) is 2. The fourth-order valence-electron chi connectivity index (χ4n) is 3.42. The van der Waals surface area contributed by atoms with Crippen molar-refractivity contribution in [2.24, 2.45) is 11.1 Å². The molecular formula is C15H28N2O2. The van der Waals surface area contributed by atoms with Crippen LogP contribution in [0.25, 0.3) is 0 Å². The molecule has 1 heterocycles. The summed E-state index contributed by atoms with van der Waals surface area (Å²) in [6.07, 6.45) is 8.63. The molecule has 4 heteroatoms. The number of carbonyl (C=O) groups excluding carboxylic acids is 1. The van der Waals surface area contributed by atoms with Gasteiger partial charge in [0, 0.05) is 19.6 Å². The predicted octanol–water partition coefficient (Wildman–Crippen LogP) is 1.97. The maximum absolute atomic E-state index is 12.2. The molecule has 0 aromatic rings. The van der Waals surface area contributed by atoms with Crippen molar-refractivity contribution >= 4 is 5.91 Å². The summed E-state index contributed by atoms with van der Waals surface area (Å²) < 4.78 is 5.69. The first-order valence-corrected chi connectivity index (χ1v) is 7.68. The van der Waals surface area contributed by atoms with Gasteiger partial charge in [0.1, 0.15) is 0 Å². The molecule has 19 heavy (non-hydrogen) atoms. The predicted molar refractivity (Wildman–Crippen MR) is 75.8 cm³/mol. The molecule has 0 bridgehead atoms. The van der Waals surface area contributed by atoms with Gasteiger partial charge in [-0.2, -0.15) is 0 Å². The Hall–Kier alpha value is -0.610. The van der Waals surface area contributed by atoms with E-state index in [4.69, 9.17) is 10.5 Å². The molecule has 2 fully saturated rings. The molecule has 110 valence electrons. The van der Waals surface area contributed by atoms with Crippen molar-refractivity contribution < 1.29 is 9.53 Å². The summed E-state index contributed by atoms with van der Waals surface area (Å²) in [4.78, 5) is 12.2. The van der Waals surface area contributed by atoms with Crippen LogP contribution in [-0.4, -0.2) is 31.2 Å². The van der Waals surface area contributed by atoms with Crippen molar-refractivity contribution in [1.29, 1.82) is 0 Å². The highest BCUT2D eigenvalue weighted by atomic mass is 16.5. The molecule has 0 radical (unpaired) electrons.